The topological polar surface area (TPSA) is 40.5 Å². The average molecular weight is 257 g/mol. The zero-order chi connectivity index (χ0) is 13.5. The van der Waals surface area contributed by atoms with Crippen LogP contribution in [0.5, 0.6) is 0 Å². The molecule has 100 valence electrons. The van der Waals surface area contributed by atoms with Crippen LogP contribution in [0.4, 0.5) is 0 Å². The van der Waals surface area contributed by atoms with Gasteiger partial charge in [-0.2, -0.15) is 0 Å². The molecule has 3 heteroatoms. The van der Waals surface area contributed by atoms with Crippen LogP contribution >= 0.6 is 0 Å². The summed E-state index contributed by atoms with van der Waals surface area (Å²) in [5, 5.41) is 9.68. The summed E-state index contributed by atoms with van der Waals surface area (Å²) in [7, 11) is 0. The molecular formula is C16H19NO2. The lowest BCUT2D eigenvalue weighted by atomic mass is 9.72. The monoisotopic (exact) mass is 257 g/mol. The Labute approximate surface area is 113 Å². The van der Waals surface area contributed by atoms with Crippen LogP contribution in [0.3, 0.4) is 0 Å². The zero-order valence-electron chi connectivity index (χ0n) is 11.2. The maximum absolute atomic E-state index is 11.8. The number of carbonyl (C=O) groups is 1. The van der Waals surface area contributed by atoms with Gasteiger partial charge in [-0.1, -0.05) is 36.4 Å². The van der Waals surface area contributed by atoms with E-state index < -0.39 is 11.4 Å². The van der Waals surface area contributed by atoms with Crippen LogP contribution in [0.1, 0.15) is 36.9 Å². The first-order valence-corrected chi connectivity index (χ1v) is 6.88. The number of fused-ring (bicyclic) bond motifs is 1. The summed E-state index contributed by atoms with van der Waals surface area (Å²) in [6.45, 7) is 3.83. The molecule has 1 aliphatic heterocycles. The van der Waals surface area contributed by atoms with Gasteiger partial charge in [-0.15, -0.1) is 0 Å². The summed E-state index contributed by atoms with van der Waals surface area (Å²) in [5.41, 5.74) is 1.47. The van der Waals surface area contributed by atoms with E-state index in [2.05, 4.69) is 17.0 Å². The van der Waals surface area contributed by atoms with Gasteiger partial charge in [0.05, 0.1) is 6.04 Å². The normalized spacial score (nSPS) is 30.3. The summed E-state index contributed by atoms with van der Waals surface area (Å²) < 4.78 is 0. The van der Waals surface area contributed by atoms with Gasteiger partial charge < -0.3 is 5.11 Å². The third-order valence-corrected chi connectivity index (χ3v) is 4.43. The third kappa shape index (κ3) is 1.89. The minimum absolute atomic E-state index is 0.0475. The highest BCUT2D eigenvalue weighted by Gasteiger charge is 2.46. The first-order chi connectivity index (χ1) is 9.13. The number of hydrogen-bond acceptors (Lipinski definition) is 2. The van der Waals surface area contributed by atoms with Crippen molar-refractivity contribution in [2.24, 2.45) is 5.41 Å². The summed E-state index contributed by atoms with van der Waals surface area (Å²) in [4.78, 5) is 14.1. The fraction of sp³-hybridized carbons (Fsp3) is 0.438. The van der Waals surface area contributed by atoms with Crippen molar-refractivity contribution in [1.82, 2.24) is 4.90 Å². The highest BCUT2D eigenvalue weighted by Crippen LogP contribution is 2.46. The Morgan fingerprint density at radius 1 is 1.32 bits per heavy atom. The fourth-order valence-corrected chi connectivity index (χ4v) is 3.35. The van der Waals surface area contributed by atoms with Crippen LogP contribution in [0, 0.1) is 5.41 Å². The van der Waals surface area contributed by atoms with E-state index in [1.165, 1.54) is 0 Å². The van der Waals surface area contributed by atoms with Crippen molar-refractivity contribution in [3.8, 4) is 0 Å². The molecule has 0 saturated carbocycles. The van der Waals surface area contributed by atoms with Crippen molar-refractivity contribution >= 4 is 12.0 Å². The molecular weight excluding hydrogens is 238 g/mol. The van der Waals surface area contributed by atoms with E-state index in [9.17, 15) is 9.90 Å². The molecule has 1 N–H and O–H groups in total. The molecule has 1 aromatic carbocycles. The van der Waals surface area contributed by atoms with Crippen molar-refractivity contribution in [2.75, 3.05) is 13.1 Å². The molecule has 2 aliphatic rings. The number of nitrogens with zero attached hydrogens (tertiary/aromatic N) is 1. The quantitative estimate of drug-likeness (QED) is 0.885. The molecule has 1 saturated heterocycles. The van der Waals surface area contributed by atoms with E-state index in [1.807, 2.05) is 31.2 Å². The highest BCUT2D eigenvalue weighted by atomic mass is 16.4. The Morgan fingerprint density at radius 3 is 2.68 bits per heavy atom. The molecule has 0 bridgehead atoms. The van der Waals surface area contributed by atoms with Gasteiger partial charge in [-0.25, -0.2) is 0 Å². The number of carboxylic acids is 1. The van der Waals surface area contributed by atoms with Gasteiger partial charge >= 0.3 is 5.97 Å². The van der Waals surface area contributed by atoms with Crippen LogP contribution < -0.4 is 0 Å². The van der Waals surface area contributed by atoms with Crippen molar-refractivity contribution in [2.45, 2.75) is 25.8 Å². The molecule has 0 radical (unpaired) electrons. The molecule has 0 amide bonds. The van der Waals surface area contributed by atoms with Crippen LogP contribution in [0.15, 0.2) is 30.3 Å². The molecule has 1 fully saturated rings. The fourth-order valence-electron chi connectivity index (χ4n) is 3.35. The Balaban J connectivity index is 2.11. The van der Waals surface area contributed by atoms with Crippen LogP contribution in [0.25, 0.3) is 6.08 Å². The molecule has 1 aromatic rings. The molecule has 0 unspecified atom stereocenters. The number of carboxylic acid groups (broad SMARTS) is 1. The maximum Gasteiger partial charge on any atom is 0.315 e. The van der Waals surface area contributed by atoms with E-state index in [0.29, 0.717) is 0 Å². The molecule has 3 rings (SSSR count). The van der Waals surface area contributed by atoms with Crippen molar-refractivity contribution in [3.05, 3.63) is 41.5 Å². The molecule has 0 aromatic heterocycles. The van der Waals surface area contributed by atoms with E-state index in [4.69, 9.17) is 0 Å². The van der Waals surface area contributed by atoms with Gasteiger partial charge in [0.25, 0.3) is 0 Å². The second-order valence-electron chi connectivity index (χ2n) is 5.70. The number of rotatable bonds is 2. The van der Waals surface area contributed by atoms with Crippen LogP contribution in [-0.2, 0) is 4.79 Å². The first kappa shape index (κ1) is 12.4. The van der Waals surface area contributed by atoms with Gasteiger partial charge in [0.2, 0.25) is 0 Å². The highest BCUT2D eigenvalue weighted by molar-refractivity contribution is 5.82. The molecule has 19 heavy (non-hydrogen) atoms. The smallest absolute Gasteiger partial charge is 0.315 e. The second kappa shape index (κ2) is 4.49. The van der Waals surface area contributed by atoms with Crippen LogP contribution in [0.2, 0.25) is 0 Å². The number of likely N-dealkylation sites (tertiary alicyclic amines) is 1. The lowest BCUT2D eigenvalue weighted by molar-refractivity contribution is -0.148. The number of hydrogen-bond donors (Lipinski definition) is 1. The standard InChI is InChI=1S/C16H19NO2/c1-16(15(18)19)9-8-12-6-2-3-7-13(12)14(16)17-10-4-5-11-17/h2-3,6-9,14H,4-5,10-11H2,1H3,(H,18,19)/t14-,16+/m0/s1. The van der Waals surface area contributed by atoms with Gasteiger partial charge in [0, 0.05) is 0 Å². The Hall–Kier alpha value is -1.61. The third-order valence-electron chi connectivity index (χ3n) is 4.43. The summed E-state index contributed by atoms with van der Waals surface area (Å²) in [6, 6.07) is 8.10. The minimum atomic E-state index is -0.835. The second-order valence-corrected chi connectivity index (χ2v) is 5.70. The first-order valence-electron chi connectivity index (χ1n) is 6.88. The Morgan fingerprint density at radius 2 is 2.00 bits per heavy atom. The lowest BCUT2D eigenvalue weighted by Crippen LogP contribution is -2.43. The predicted molar refractivity (Wildman–Crippen MR) is 74.8 cm³/mol. The Bertz CT molecular complexity index is 531. The van der Waals surface area contributed by atoms with Crippen molar-refractivity contribution in [1.29, 1.82) is 0 Å². The summed E-state index contributed by atoms with van der Waals surface area (Å²) >= 11 is 0. The van der Waals surface area contributed by atoms with Crippen LogP contribution in [-0.4, -0.2) is 29.1 Å². The van der Waals surface area contributed by atoms with E-state index in [-0.39, 0.29) is 6.04 Å². The summed E-state index contributed by atoms with van der Waals surface area (Å²) in [5.74, 6) is -0.741. The molecule has 2 atom stereocenters. The Kier molecular flexibility index (Phi) is 2.94. The number of aliphatic carboxylic acids is 1. The van der Waals surface area contributed by atoms with Gasteiger partial charge in [0.1, 0.15) is 5.41 Å². The van der Waals surface area contributed by atoms with E-state index in [0.717, 1.165) is 37.1 Å². The molecule has 1 aliphatic carbocycles. The summed E-state index contributed by atoms with van der Waals surface area (Å²) in [6.07, 6.45) is 6.15. The molecule has 0 spiro atoms. The van der Waals surface area contributed by atoms with Crippen molar-refractivity contribution in [3.63, 3.8) is 0 Å². The molecule has 3 nitrogen and oxygen atoms in total. The SMILES string of the molecule is C[C@@]1(C(=O)O)C=Cc2ccccc2[C@@H]1N1CCCC1. The van der Waals surface area contributed by atoms with E-state index >= 15 is 0 Å². The van der Waals surface area contributed by atoms with E-state index in [1.54, 1.807) is 0 Å². The zero-order valence-corrected chi connectivity index (χ0v) is 11.2. The predicted octanol–water partition coefficient (Wildman–Crippen LogP) is 2.94. The minimum Gasteiger partial charge on any atom is -0.481 e. The lowest BCUT2D eigenvalue weighted by Gasteiger charge is -2.41. The van der Waals surface area contributed by atoms with Gasteiger partial charge in [-0.3, -0.25) is 9.69 Å². The van der Waals surface area contributed by atoms with Gasteiger partial charge in [-0.05, 0) is 44.0 Å². The number of benzene rings is 1. The van der Waals surface area contributed by atoms with Crippen molar-refractivity contribution < 1.29 is 9.90 Å². The van der Waals surface area contributed by atoms with Gasteiger partial charge in [0.15, 0.2) is 0 Å². The maximum atomic E-state index is 11.8. The molecule has 1 heterocycles. The average Bonchev–Trinajstić information content (AvgIpc) is 2.92. The largest absolute Gasteiger partial charge is 0.481 e.